The van der Waals surface area contributed by atoms with Crippen molar-refractivity contribution < 1.29 is 4.57 Å². The van der Waals surface area contributed by atoms with Gasteiger partial charge in [0.1, 0.15) is 5.52 Å². The summed E-state index contributed by atoms with van der Waals surface area (Å²) < 4.78 is 4.79. The van der Waals surface area contributed by atoms with Crippen molar-refractivity contribution in [2.24, 2.45) is 12.5 Å². The highest BCUT2D eigenvalue weighted by molar-refractivity contribution is 6.25. The quantitative estimate of drug-likeness (QED) is 0.110. The number of pyridine rings is 1. The van der Waals surface area contributed by atoms with E-state index in [0.29, 0.717) is 17.8 Å². The zero-order valence-electron chi connectivity index (χ0n) is 29.1. The van der Waals surface area contributed by atoms with Crippen LogP contribution >= 0.6 is 0 Å². The van der Waals surface area contributed by atoms with Gasteiger partial charge in [-0.1, -0.05) is 92.6 Å². The highest BCUT2D eigenvalue weighted by Crippen LogP contribution is 2.44. The fraction of sp³-hybridized carbons (Fsp3) is 0.381. The minimum absolute atomic E-state index is 0.227. The molecule has 0 fully saturated rings. The van der Waals surface area contributed by atoms with Gasteiger partial charge in [-0.25, -0.2) is 4.57 Å². The molecule has 0 spiro atoms. The molecule has 7 aromatic rings. The minimum Gasteiger partial charge on any atom is -0.308 e. The van der Waals surface area contributed by atoms with Crippen LogP contribution < -0.4 is 4.57 Å². The van der Waals surface area contributed by atoms with Crippen LogP contribution in [-0.2, 0) is 13.5 Å². The highest BCUT2D eigenvalue weighted by Gasteiger charge is 2.27. The first kappa shape index (κ1) is 29.7. The van der Waals surface area contributed by atoms with Crippen molar-refractivity contribution in [3.05, 3.63) is 88.7 Å². The van der Waals surface area contributed by atoms with Gasteiger partial charge in [0.25, 0.3) is 6.33 Å². The van der Waals surface area contributed by atoms with E-state index in [9.17, 15) is 0 Å². The third kappa shape index (κ3) is 4.61. The van der Waals surface area contributed by atoms with Gasteiger partial charge in [0, 0.05) is 16.2 Å². The summed E-state index contributed by atoms with van der Waals surface area (Å²) in [5, 5.41) is 5.22. The van der Waals surface area contributed by atoms with E-state index in [4.69, 9.17) is 4.98 Å². The molecular weight excluding hydrogens is 546 g/mol. The molecule has 0 saturated heterocycles. The molecule has 4 aromatic carbocycles. The van der Waals surface area contributed by atoms with Gasteiger partial charge in [-0.2, -0.15) is 0 Å². The summed E-state index contributed by atoms with van der Waals surface area (Å²) in [6, 6.07) is 21.6. The van der Waals surface area contributed by atoms with Crippen LogP contribution in [0.15, 0.2) is 60.9 Å². The average Bonchev–Trinajstić information content (AvgIpc) is 3.29. The standard InChI is InChI=1S/C42H48N3/c1-23(2)28-17-31(24(3)4)38(32(18-28)25(5)6)29-19-34-39-36(20-29)45-35-15-13-27(21-42(8,9)10)16-33(35)30-14-12-26(7)37(40(30)45)41(39)44(11)22-43-34/h12-20,22-25H,21H2,1-11H3/q+1. The third-order valence-corrected chi connectivity index (χ3v) is 9.89. The summed E-state index contributed by atoms with van der Waals surface area (Å²) in [5.41, 5.74) is 16.0. The Morgan fingerprint density at radius 1 is 0.756 bits per heavy atom. The van der Waals surface area contributed by atoms with Crippen molar-refractivity contribution in [1.29, 1.82) is 0 Å². The van der Waals surface area contributed by atoms with Crippen LogP contribution in [-0.4, -0.2) is 9.38 Å². The van der Waals surface area contributed by atoms with Crippen molar-refractivity contribution in [3.8, 4) is 11.1 Å². The molecule has 0 saturated carbocycles. The molecule has 3 heterocycles. The van der Waals surface area contributed by atoms with Crippen molar-refractivity contribution in [3.63, 3.8) is 0 Å². The van der Waals surface area contributed by atoms with Crippen molar-refractivity contribution in [1.82, 2.24) is 9.38 Å². The Hall–Kier alpha value is -3.98. The van der Waals surface area contributed by atoms with Gasteiger partial charge in [-0.3, -0.25) is 0 Å². The van der Waals surface area contributed by atoms with Crippen LogP contribution in [0.5, 0.6) is 0 Å². The highest BCUT2D eigenvalue weighted by atomic mass is 15.0. The zero-order chi connectivity index (χ0) is 32.1. The molecule has 3 nitrogen and oxygen atoms in total. The van der Waals surface area contributed by atoms with Gasteiger partial charge < -0.3 is 4.40 Å². The van der Waals surface area contributed by atoms with E-state index >= 15 is 0 Å². The van der Waals surface area contributed by atoms with E-state index in [1.54, 1.807) is 0 Å². The number of aryl methyl sites for hydroxylation is 2. The van der Waals surface area contributed by atoms with Crippen LogP contribution in [0.25, 0.3) is 60.3 Å². The third-order valence-electron chi connectivity index (χ3n) is 9.89. The first-order chi connectivity index (χ1) is 21.2. The predicted molar refractivity (Wildman–Crippen MR) is 193 cm³/mol. The molecule has 0 amide bonds. The molecule has 0 atom stereocenters. The first-order valence-corrected chi connectivity index (χ1v) is 16.8. The van der Waals surface area contributed by atoms with Gasteiger partial charge >= 0.3 is 0 Å². The predicted octanol–water partition coefficient (Wildman–Crippen LogP) is 11.1. The number of aromatic nitrogens is 3. The van der Waals surface area contributed by atoms with Crippen LogP contribution in [0.1, 0.15) is 108 Å². The monoisotopic (exact) mass is 594 g/mol. The summed E-state index contributed by atoms with van der Waals surface area (Å²) in [4.78, 5) is 5.10. The van der Waals surface area contributed by atoms with E-state index in [2.05, 4.69) is 140 Å². The molecule has 7 rings (SSSR count). The van der Waals surface area contributed by atoms with Crippen LogP contribution in [0.3, 0.4) is 0 Å². The summed E-state index contributed by atoms with van der Waals surface area (Å²) >= 11 is 0. The average molecular weight is 595 g/mol. The maximum Gasteiger partial charge on any atom is 0.287 e. The van der Waals surface area contributed by atoms with E-state index in [1.165, 1.54) is 82.6 Å². The van der Waals surface area contributed by atoms with Crippen LogP contribution in [0.2, 0.25) is 0 Å². The van der Waals surface area contributed by atoms with Gasteiger partial charge in [0.05, 0.1) is 29.0 Å². The number of rotatable bonds is 5. The van der Waals surface area contributed by atoms with Crippen molar-refractivity contribution in [2.45, 2.75) is 93.4 Å². The Bertz CT molecular complexity index is 2240. The lowest BCUT2D eigenvalue weighted by atomic mass is 9.81. The number of fused-ring (bicyclic) bond motifs is 5. The second-order valence-corrected chi connectivity index (χ2v) is 15.7. The Kier molecular flexibility index (Phi) is 6.78. The van der Waals surface area contributed by atoms with Gasteiger partial charge in [0.2, 0.25) is 0 Å². The molecule has 230 valence electrons. The summed E-state index contributed by atoms with van der Waals surface area (Å²) in [6.07, 6.45) is 3.06. The molecule has 0 N–H and O–H groups in total. The molecule has 0 aliphatic rings. The summed E-state index contributed by atoms with van der Waals surface area (Å²) in [5.74, 6) is 1.30. The number of hydrogen-bond donors (Lipinski definition) is 0. The van der Waals surface area contributed by atoms with E-state index in [1.807, 2.05) is 6.33 Å². The topological polar surface area (TPSA) is 21.2 Å². The Morgan fingerprint density at radius 2 is 1.44 bits per heavy atom. The summed E-state index contributed by atoms with van der Waals surface area (Å²) in [6.45, 7) is 23.2. The molecule has 0 aliphatic carbocycles. The lowest BCUT2D eigenvalue weighted by Crippen LogP contribution is -2.30. The van der Waals surface area contributed by atoms with Gasteiger partial charge in [-0.05, 0) is 105 Å². The van der Waals surface area contributed by atoms with E-state index in [-0.39, 0.29) is 5.41 Å². The first-order valence-electron chi connectivity index (χ1n) is 16.8. The minimum atomic E-state index is 0.227. The SMILES string of the molecule is Cc1ccc2c3cc(CC(C)(C)C)ccc3n3c4cc(-c5c(C(C)C)cc(C(C)C)cc5C(C)C)cc5nc[n+](C)c(c1c23)c54. The molecule has 0 radical (unpaired) electrons. The fourth-order valence-corrected chi connectivity index (χ4v) is 7.78. The number of benzene rings is 4. The maximum atomic E-state index is 5.10. The number of hydrogen-bond acceptors (Lipinski definition) is 1. The Labute approximate surface area is 268 Å². The fourth-order valence-electron chi connectivity index (χ4n) is 7.78. The van der Waals surface area contributed by atoms with E-state index < -0.39 is 0 Å². The maximum absolute atomic E-state index is 5.10. The van der Waals surface area contributed by atoms with Crippen LogP contribution in [0.4, 0.5) is 0 Å². The lowest BCUT2D eigenvalue weighted by molar-refractivity contribution is -0.646. The molecule has 0 bridgehead atoms. The Balaban J connectivity index is 1.69. The lowest BCUT2D eigenvalue weighted by Gasteiger charge is -2.24. The van der Waals surface area contributed by atoms with Crippen molar-refractivity contribution >= 4 is 49.1 Å². The second kappa shape index (κ2) is 10.3. The Morgan fingerprint density at radius 3 is 2.07 bits per heavy atom. The molecule has 0 aliphatic heterocycles. The van der Waals surface area contributed by atoms with E-state index in [0.717, 1.165) is 11.9 Å². The van der Waals surface area contributed by atoms with Crippen LogP contribution in [0, 0.1) is 12.3 Å². The molecule has 45 heavy (non-hydrogen) atoms. The molecule has 3 heteroatoms. The van der Waals surface area contributed by atoms with Gasteiger partial charge in [-0.15, -0.1) is 0 Å². The normalized spacial score (nSPS) is 13.0. The van der Waals surface area contributed by atoms with Gasteiger partial charge in [0.15, 0.2) is 5.52 Å². The largest absolute Gasteiger partial charge is 0.308 e. The molecule has 3 aromatic heterocycles. The number of nitrogens with zero attached hydrogens (tertiary/aromatic N) is 3. The molecular formula is C42H48N3+. The smallest absolute Gasteiger partial charge is 0.287 e. The zero-order valence-corrected chi connectivity index (χ0v) is 29.1. The summed E-state index contributed by atoms with van der Waals surface area (Å²) in [7, 11) is 2.15. The molecule has 0 unspecified atom stereocenters. The van der Waals surface area contributed by atoms with Crippen molar-refractivity contribution in [2.75, 3.05) is 0 Å². The second-order valence-electron chi connectivity index (χ2n) is 15.7.